The Morgan fingerprint density at radius 3 is 2.57 bits per heavy atom. The molecule has 0 heterocycles. The Morgan fingerprint density at radius 2 is 2.00 bits per heavy atom. The van der Waals surface area contributed by atoms with Crippen molar-refractivity contribution in [1.82, 2.24) is 10.2 Å². The van der Waals surface area contributed by atoms with Crippen LogP contribution in [0.2, 0.25) is 0 Å². The minimum absolute atomic E-state index is 0.279. The van der Waals surface area contributed by atoms with Gasteiger partial charge in [0.2, 0.25) is 5.91 Å². The van der Waals surface area contributed by atoms with Crippen molar-refractivity contribution in [2.45, 2.75) is 32.1 Å². The summed E-state index contributed by atoms with van der Waals surface area (Å²) in [6, 6.07) is 0. The summed E-state index contributed by atoms with van der Waals surface area (Å²) in [6.45, 7) is 1.87. The van der Waals surface area contributed by atoms with Crippen LogP contribution in [0.1, 0.15) is 32.1 Å². The van der Waals surface area contributed by atoms with Crippen LogP contribution in [0, 0.1) is 5.92 Å². The minimum atomic E-state index is 0.279. The molecule has 0 aromatic rings. The Balaban J connectivity index is 2.03. The number of carbonyl (C=O) groups is 1. The van der Waals surface area contributed by atoms with E-state index < -0.39 is 0 Å². The predicted octanol–water partition coefficient (Wildman–Crippen LogP) is 1.24. The van der Waals surface area contributed by atoms with Crippen LogP contribution < -0.4 is 5.32 Å². The molecule has 0 saturated heterocycles. The summed E-state index contributed by atoms with van der Waals surface area (Å²) >= 11 is 0. The van der Waals surface area contributed by atoms with Gasteiger partial charge in [0.05, 0.1) is 0 Å². The highest BCUT2D eigenvalue weighted by molar-refractivity contribution is 5.78. The van der Waals surface area contributed by atoms with Crippen molar-refractivity contribution >= 4 is 5.91 Å². The zero-order valence-corrected chi connectivity index (χ0v) is 9.38. The second-order valence-electron chi connectivity index (χ2n) is 4.43. The molecular formula is C11H22N2O. The van der Waals surface area contributed by atoms with Crippen LogP contribution in [0.25, 0.3) is 0 Å². The van der Waals surface area contributed by atoms with E-state index in [9.17, 15) is 4.79 Å². The van der Waals surface area contributed by atoms with E-state index >= 15 is 0 Å². The van der Waals surface area contributed by atoms with Gasteiger partial charge in [-0.05, 0) is 39.9 Å². The zero-order valence-electron chi connectivity index (χ0n) is 9.38. The lowest BCUT2D eigenvalue weighted by atomic mass is 10.1. The van der Waals surface area contributed by atoms with Gasteiger partial charge in [0.25, 0.3) is 0 Å². The van der Waals surface area contributed by atoms with Crippen molar-refractivity contribution in [2.24, 2.45) is 5.92 Å². The largest absolute Gasteiger partial charge is 0.356 e. The fourth-order valence-electron chi connectivity index (χ4n) is 1.94. The van der Waals surface area contributed by atoms with Crippen LogP contribution in [-0.4, -0.2) is 38.0 Å². The third kappa shape index (κ3) is 4.09. The lowest BCUT2D eigenvalue weighted by molar-refractivity contribution is -0.124. The SMILES string of the molecule is CN(C)CCCNC(=O)C1CCCC1. The number of nitrogens with zero attached hydrogens (tertiary/aromatic N) is 1. The maximum atomic E-state index is 11.6. The summed E-state index contributed by atoms with van der Waals surface area (Å²) in [7, 11) is 4.11. The van der Waals surface area contributed by atoms with E-state index in [0.29, 0.717) is 5.92 Å². The summed E-state index contributed by atoms with van der Waals surface area (Å²) in [6.07, 6.45) is 5.70. The smallest absolute Gasteiger partial charge is 0.223 e. The summed E-state index contributed by atoms with van der Waals surface area (Å²) < 4.78 is 0. The molecular weight excluding hydrogens is 176 g/mol. The molecule has 0 bridgehead atoms. The second-order valence-corrected chi connectivity index (χ2v) is 4.43. The topological polar surface area (TPSA) is 32.3 Å². The van der Waals surface area contributed by atoms with E-state index in [4.69, 9.17) is 0 Å². The van der Waals surface area contributed by atoms with E-state index in [-0.39, 0.29) is 5.91 Å². The average Bonchev–Trinajstić information content (AvgIpc) is 2.64. The Morgan fingerprint density at radius 1 is 1.36 bits per heavy atom. The zero-order chi connectivity index (χ0) is 10.4. The molecule has 1 N–H and O–H groups in total. The van der Waals surface area contributed by atoms with Gasteiger partial charge in [-0.25, -0.2) is 0 Å². The number of amides is 1. The summed E-state index contributed by atoms with van der Waals surface area (Å²) in [5.41, 5.74) is 0. The Kier molecular flexibility index (Phi) is 4.94. The molecule has 1 saturated carbocycles. The average molecular weight is 198 g/mol. The summed E-state index contributed by atoms with van der Waals surface area (Å²) in [4.78, 5) is 13.7. The van der Waals surface area contributed by atoms with E-state index in [1.807, 2.05) is 0 Å². The molecule has 0 radical (unpaired) electrons. The minimum Gasteiger partial charge on any atom is -0.356 e. The molecule has 3 heteroatoms. The molecule has 82 valence electrons. The molecule has 3 nitrogen and oxygen atoms in total. The van der Waals surface area contributed by atoms with E-state index in [1.165, 1.54) is 12.8 Å². The van der Waals surface area contributed by atoms with Gasteiger partial charge in [0.15, 0.2) is 0 Å². The Bertz CT molecular complexity index is 174. The van der Waals surface area contributed by atoms with E-state index in [0.717, 1.165) is 32.4 Å². The first kappa shape index (κ1) is 11.5. The van der Waals surface area contributed by atoms with Gasteiger partial charge in [-0.15, -0.1) is 0 Å². The first-order valence-corrected chi connectivity index (χ1v) is 5.62. The molecule has 0 aromatic carbocycles. The van der Waals surface area contributed by atoms with Gasteiger partial charge in [-0.3, -0.25) is 4.79 Å². The van der Waals surface area contributed by atoms with Gasteiger partial charge in [-0.1, -0.05) is 12.8 Å². The van der Waals surface area contributed by atoms with E-state index in [1.54, 1.807) is 0 Å². The number of hydrogen-bond donors (Lipinski definition) is 1. The first-order valence-electron chi connectivity index (χ1n) is 5.62. The molecule has 1 aliphatic carbocycles. The van der Waals surface area contributed by atoms with Crippen LogP contribution >= 0.6 is 0 Å². The monoisotopic (exact) mass is 198 g/mol. The highest BCUT2D eigenvalue weighted by Crippen LogP contribution is 2.24. The molecule has 0 aromatic heterocycles. The van der Waals surface area contributed by atoms with Crippen LogP contribution in [0.15, 0.2) is 0 Å². The van der Waals surface area contributed by atoms with Gasteiger partial charge >= 0.3 is 0 Å². The lowest BCUT2D eigenvalue weighted by Crippen LogP contribution is -2.31. The number of hydrogen-bond acceptors (Lipinski definition) is 2. The van der Waals surface area contributed by atoms with Crippen molar-refractivity contribution in [3.8, 4) is 0 Å². The maximum Gasteiger partial charge on any atom is 0.223 e. The standard InChI is InChI=1S/C11H22N2O/c1-13(2)9-5-8-12-11(14)10-6-3-4-7-10/h10H,3-9H2,1-2H3,(H,12,14). The third-order valence-electron chi connectivity index (χ3n) is 2.81. The van der Waals surface area contributed by atoms with Crippen molar-refractivity contribution in [3.63, 3.8) is 0 Å². The van der Waals surface area contributed by atoms with Gasteiger partial charge in [0, 0.05) is 12.5 Å². The molecule has 1 rings (SSSR count). The summed E-state index contributed by atoms with van der Waals surface area (Å²) in [5.74, 6) is 0.593. The molecule has 14 heavy (non-hydrogen) atoms. The molecule has 0 aliphatic heterocycles. The van der Waals surface area contributed by atoms with Crippen molar-refractivity contribution in [1.29, 1.82) is 0 Å². The fraction of sp³-hybridized carbons (Fsp3) is 0.909. The highest BCUT2D eigenvalue weighted by Gasteiger charge is 2.21. The number of nitrogens with one attached hydrogen (secondary N) is 1. The van der Waals surface area contributed by atoms with Gasteiger partial charge in [-0.2, -0.15) is 0 Å². The normalized spacial score (nSPS) is 17.6. The molecule has 1 amide bonds. The predicted molar refractivity (Wildman–Crippen MR) is 58.1 cm³/mol. The molecule has 0 spiro atoms. The maximum absolute atomic E-state index is 11.6. The molecule has 1 aliphatic rings. The van der Waals surface area contributed by atoms with Gasteiger partial charge in [0.1, 0.15) is 0 Å². The molecule has 0 unspecified atom stereocenters. The van der Waals surface area contributed by atoms with Crippen molar-refractivity contribution in [3.05, 3.63) is 0 Å². The van der Waals surface area contributed by atoms with Crippen molar-refractivity contribution < 1.29 is 4.79 Å². The molecule has 0 atom stereocenters. The highest BCUT2D eigenvalue weighted by atomic mass is 16.1. The Labute approximate surface area is 86.9 Å². The first-order chi connectivity index (χ1) is 6.70. The van der Waals surface area contributed by atoms with Gasteiger partial charge < -0.3 is 10.2 Å². The number of rotatable bonds is 5. The Hall–Kier alpha value is -0.570. The van der Waals surface area contributed by atoms with Crippen LogP contribution in [0.4, 0.5) is 0 Å². The third-order valence-corrected chi connectivity index (χ3v) is 2.81. The second kappa shape index (κ2) is 6.02. The van der Waals surface area contributed by atoms with Crippen LogP contribution in [0.3, 0.4) is 0 Å². The van der Waals surface area contributed by atoms with Crippen molar-refractivity contribution in [2.75, 3.05) is 27.2 Å². The van der Waals surface area contributed by atoms with E-state index in [2.05, 4.69) is 24.3 Å². The molecule has 1 fully saturated rings. The quantitative estimate of drug-likeness (QED) is 0.674. The summed E-state index contributed by atoms with van der Waals surface area (Å²) in [5, 5.41) is 3.01. The number of carbonyl (C=O) groups excluding carboxylic acids is 1. The fourth-order valence-corrected chi connectivity index (χ4v) is 1.94. The van der Waals surface area contributed by atoms with Crippen LogP contribution in [-0.2, 0) is 4.79 Å². The lowest BCUT2D eigenvalue weighted by Gasteiger charge is -2.12. The van der Waals surface area contributed by atoms with Crippen LogP contribution in [0.5, 0.6) is 0 Å².